The van der Waals surface area contributed by atoms with Crippen LogP contribution in [0.1, 0.15) is 49.4 Å². The molecule has 1 heterocycles. The highest BCUT2D eigenvalue weighted by Gasteiger charge is 2.18. The molecule has 1 aromatic rings. The molecule has 0 aliphatic heterocycles. The Bertz CT molecular complexity index is 404. The summed E-state index contributed by atoms with van der Waals surface area (Å²) in [6.07, 6.45) is 6.54. The number of carbonyl (C=O) groups excluding carboxylic acids is 1. The molecule has 0 bridgehead atoms. The smallest absolute Gasteiger partial charge is 0.252 e. The van der Waals surface area contributed by atoms with Gasteiger partial charge in [0.1, 0.15) is 0 Å². The van der Waals surface area contributed by atoms with Crippen molar-refractivity contribution in [3.63, 3.8) is 0 Å². The number of rotatable bonds is 4. The van der Waals surface area contributed by atoms with Gasteiger partial charge in [-0.2, -0.15) is 0 Å². The maximum atomic E-state index is 11.8. The monoisotopic (exact) mass is 329 g/mol. The highest BCUT2D eigenvalue weighted by atomic mass is 79.9. The molecule has 1 aliphatic rings. The van der Waals surface area contributed by atoms with Gasteiger partial charge in [-0.15, -0.1) is 11.3 Å². The van der Waals surface area contributed by atoms with Gasteiger partial charge < -0.3 is 5.32 Å². The Morgan fingerprint density at radius 3 is 3.06 bits per heavy atom. The van der Waals surface area contributed by atoms with Gasteiger partial charge in [-0.1, -0.05) is 26.2 Å². The van der Waals surface area contributed by atoms with Gasteiger partial charge in [0.05, 0.1) is 9.35 Å². The fourth-order valence-electron chi connectivity index (χ4n) is 2.74. The summed E-state index contributed by atoms with van der Waals surface area (Å²) in [6.45, 7) is 3.15. The molecule has 1 fully saturated rings. The molecule has 0 radical (unpaired) electrons. The predicted octanol–water partition coefficient (Wildman–Crippen LogP) is 4.46. The molecule has 1 aliphatic carbocycles. The largest absolute Gasteiger partial charge is 0.352 e. The molecule has 0 spiro atoms. The zero-order valence-corrected chi connectivity index (χ0v) is 13.1. The summed E-state index contributed by atoms with van der Waals surface area (Å²) in [5.74, 6) is 1.73. The van der Waals surface area contributed by atoms with E-state index in [2.05, 4.69) is 28.2 Å². The number of carbonyl (C=O) groups is 1. The summed E-state index contributed by atoms with van der Waals surface area (Å²) in [5, 5.41) is 4.91. The fourth-order valence-corrected chi connectivity index (χ4v) is 3.88. The Balaban J connectivity index is 1.70. The molecule has 2 unspecified atom stereocenters. The van der Waals surface area contributed by atoms with E-state index in [1.807, 2.05) is 11.4 Å². The van der Waals surface area contributed by atoms with E-state index in [-0.39, 0.29) is 5.91 Å². The molecule has 1 aromatic heterocycles. The molecular formula is C14H20BrNOS. The van der Waals surface area contributed by atoms with Gasteiger partial charge >= 0.3 is 0 Å². The van der Waals surface area contributed by atoms with Crippen LogP contribution in [0.3, 0.4) is 0 Å². The van der Waals surface area contributed by atoms with Crippen LogP contribution in [0.15, 0.2) is 15.2 Å². The SMILES string of the molecule is CC1CCCC(CCNC(=O)c2csc(Br)c2)C1. The van der Waals surface area contributed by atoms with Crippen LogP contribution in [0, 0.1) is 11.8 Å². The highest BCUT2D eigenvalue weighted by molar-refractivity contribution is 9.11. The van der Waals surface area contributed by atoms with Gasteiger partial charge in [-0.05, 0) is 46.7 Å². The van der Waals surface area contributed by atoms with Crippen molar-refractivity contribution < 1.29 is 4.79 Å². The Morgan fingerprint density at radius 2 is 2.39 bits per heavy atom. The number of nitrogens with one attached hydrogen (secondary N) is 1. The van der Waals surface area contributed by atoms with Crippen molar-refractivity contribution in [2.75, 3.05) is 6.54 Å². The molecule has 1 amide bonds. The second-order valence-electron chi connectivity index (χ2n) is 5.32. The second kappa shape index (κ2) is 6.71. The van der Waals surface area contributed by atoms with Crippen molar-refractivity contribution >= 4 is 33.2 Å². The van der Waals surface area contributed by atoms with Crippen LogP contribution >= 0.6 is 27.3 Å². The fraction of sp³-hybridized carbons (Fsp3) is 0.643. The Labute approximate surface area is 121 Å². The Hall–Kier alpha value is -0.350. The lowest BCUT2D eigenvalue weighted by molar-refractivity contribution is 0.0950. The lowest BCUT2D eigenvalue weighted by Gasteiger charge is -2.26. The number of halogens is 1. The molecular weight excluding hydrogens is 310 g/mol. The van der Waals surface area contributed by atoms with Crippen LogP contribution < -0.4 is 5.32 Å². The van der Waals surface area contributed by atoms with E-state index in [9.17, 15) is 4.79 Å². The molecule has 18 heavy (non-hydrogen) atoms. The van der Waals surface area contributed by atoms with Gasteiger partial charge in [0.25, 0.3) is 5.91 Å². The molecule has 0 aromatic carbocycles. The minimum Gasteiger partial charge on any atom is -0.352 e. The van der Waals surface area contributed by atoms with Crippen LogP contribution in [0.2, 0.25) is 0 Å². The minimum absolute atomic E-state index is 0.0563. The standard InChI is InChI=1S/C14H20BrNOS/c1-10-3-2-4-11(7-10)5-6-16-14(17)12-8-13(15)18-9-12/h8-11H,2-7H2,1H3,(H,16,17). The molecule has 100 valence electrons. The van der Waals surface area contributed by atoms with Crippen LogP contribution in [0.25, 0.3) is 0 Å². The summed E-state index contributed by atoms with van der Waals surface area (Å²) in [5.41, 5.74) is 0.767. The molecule has 2 rings (SSSR count). The van der Waals surface area contributed by atoms with Crippen LogP contribution in [-0.2, 0) is 0 Å². The van der Waals surface area contributed by atoms with E-state index < -0.39 is 0 Å². The first-order valence-electron chi connectivity index (χ1n) is 6.67. The lowest BCUT2D eigenvalue weighted by atomic mass is 9.81. The first-order valence-corrected chi connectivity index (χ1v) is 8.34. The zero-order valence-electron chi connectivity index (χ0n) is 10.7. The molecule has 0 saturated heterocycles. The lowest BCUT2D eigenvalue weighted by Crippen LogP contribution is -2.26. The van der Waals surface area contributed by atoms with E-state index in [0.717, 1.165) is 34.2 Å². The van der Waals surface area contributed by atoms with Crippen LogP contribution in [0.4, 0.5) is 0 Å². The first-order chi connectivity index (χ1) is 8.65. The Morgan fingerprint density at radius 1 is 1.56 bits per heavy atom. The molecule has 1 N–H and O–H groups in total. The summed E-state index contributed by atoms with van der Waals surface area (Å²) in [6, 6.07) is 1.88. The molecule has 1 saturated carbocycles. The third kappa shape index (κ3) is 4.09. The average molecular weight is 330 g/mol. The third-order valence-corrected chi connectivity index (χ3v) is 5.22. The topological polar surface area (TPSA) is 29.1 Å². The van der Waals surface area contributed by atoms with Gasteiger partial charge in [-0.3, -0.25) is 4.79 Å². The number of hydrogen-bond acceptors (Lipinski definition) is 2. The van der Waals surface area contributed by atoms with Crippen molar-refractivity contribution in [3.8, 4) is 0 Å². The third-order valence-electron chi connectivity index (χ3n) is 3.71. The van der Waals surface area contributed by atoms with Crippen molar-refractivity contribution in [2.45, 2.75) is 39.0 Å². The van der Waals surface area contributed by atoms with Crippen molar-refractivity contribution in [3.05, 3.63) is 20.8 Å². The number of thiophene rings is 1. The highest BCUT2D eigenvalue weighted by Crippen LogP contribution is 2.30. The second-order valence-corrected chi connectivity index (χ2v) is 7.61. The van der Waals surface area contributed by atoms with E-state index in [0.29, 0.717) is 0 Å². The maximum absolute atomic E-state index is 11.8. The van der Waals surface area contributed by atoms with Gasteiger partial charge in [0, 0.05) is 11.9 Å². The van der Waals surface area contributed by atoms with Gasteiger partial charge in [0.2, 0.25) is 0 Å². The first kappa shape index (κ1) is 14.1. The normalized spacial score (nSPS) is 23.9. The molecule has 2 atom stereocenters. The van der Waals surface area contributed by atoms with Crippen LogP contribution in [-0.4, -0.2) is 12.5 Å². The van der Waals surface area contributed by atoms with E-state index >= 15 is 0 Å². The summed E-state index contributed by atoms with van der Waals surface area (Å²) >= 11 is 4.93. The zero-order chi connectivity index (χ0) is 13.0. The quantitative estimate of drug-likeness (QED) is 0.868. The van der Waals surface area contributed by atoms with Crippen molar-refractivity contribution in [2.24, 2.45) is 11.8 Å². The van der Waals surface area contributed by atoms with Gasteiger partial charge in [-0.25, -0.2) is 0 Å². The number of amides is 1. The average Bonchev–Trinajstić information content (AvgIpc) is 2.76. The van der Waals surface area contributed by atoms with E-state index in [4.69, 9.17) is 0 Å². The maximum Gasteiger partial charge on any atom is 0.252 e. The van der Waals surface area contributed by atoms with E-state index in [1.165, 1.54) is 25.7 Å². The summed E-state index contributed by atoms with van der Waals surface area (Å²) in [4.78, 5) is 11.8. The summed E-state index contributed by atoms with van der Waals surface area (Å²) in [7, 11) is 0. The Kier molecular flexibility index (Phi) is 5.25. The molecule has 4 heteroatoms. The molecule has 2 nitrogen and oxygen atoms in total. The van der Waals surface area contributed by atoms with Crippen LogP contribution in [0.5, 0.6) is 0 Å². The van der Waals surface area contributed by atoms with Crippen molar-refractivity contribution in [1.29, 1.82) is 0 Å². The van der Waals surface area contributed by atoms with E-state index in [1.54, 1.807) is 11.3 Å². The van der Waals surface area contributed by atoms with Crippen molar-refractivity contribution in [1.82, 2.24) is 5.32 Å². The summed E-state index contributed by atoms with van der Waals surface area (Å²) < 4.78 is 1.01. The predicted molar refractivity (Wildman–Crippen MR) is 80.1 cm³/mol. The number of hydrogen-bond donors (Lipinski definition) is 1. The minimum atomic E-state index is 0.0563. The van der Waals surface area contributed by atoms with Gasteiger partial charge in [0.15, 0.2) is 0 Å².